The van der Waals surface area contributed by atoms with Crippen LogP contribution in [0, 0.1) is 22.0 Å². The van der Waals surface area contributed by atoms with Gasteiger partial charge in [-0.3, -0.25) is 14.5 Å². The summed E-state index contributed by atoms with van der Waals surface area (Å²) in [6.07, 6.45) is 6.46. The Morgan fingerprint density at radius 3 is 2.48 bits per heavy atom. The molecule has 1 spiro atoms. The normalized spacial score (nSPS) is 36.0. The number of thioether (sulfide) groups is 1. The van der Waals surface area contributed by atoms with Gasteiger partial charge in [0.05, 0.1) is 27.4 Å². The van der Waals surface area contributed by atoms with E-state index < -0.39 is 51.9 Å². The maximum absolute atomic E-state index is 15.5. The van der Waals surface area contributed by atoms with Crippen molar-refractivity contribution in [1.29, 1.82) is 5.26 Å². The number of anilines is 1. The van der Waals surface area contributed by atoms with Crippen LogP contribution in [0.5, 0.6) is 5.75 Å². The summed E-state index contributed by atoms with van der Waals surface area (Å²) in [5.41, 5.74) is -0.616. The van der Waals surface area contributed by atoms with Gasteiger partial charge >= 0.3 is 17.9 Å². The van der Waals surface area contributed by atoms with E-state index in [9.17, 15) is 20.0 Å². The third-order valence-corrected chi connectivity index (χ3v) is 16.9. The Hall–Kier alpha value is -4.55. The van der Waals surface area contributed by atoms with E-state index in [1.807, 2.05) is 43.1 Å². The minimum atomic E-state index is -2.30. The summed E-state index contributed by atoms with van der Waals surface area (Å²) in [5, 5.41) is 26.9. The highest BCUT2D eigenvalue weighted by Gasteiger charge is 2.80. The van der Waals surface area contributed by atoms with E-state index in [4.69, 9.17) is 18.9 Å². The zero-order chi connectivity index (χ0) is 43.3. The summed E-state index contributed by atoms with van der Waals surface area (Å²) in [6.45, 7) is 9.07. The van der Waals surface area contributed by atoms with E-state index in [-0.39, 0.29) is 16.7 Å². The predicted molar refractivity (Wildman–Crippen MR) is 231 cm³/mol. The molecule has 10 atom stereocenters. The van der Waals surface area contributed by atoms with Crippen LogP contribution in [0.1, 0.15) is 75.3 Å². The van der Waals surface area contributed by atoms with Gasteiger partial charge in [0.1, 0.15) is 16.6 Å². The molecule has 6 aliphatic rings. The van der Waals surface area contributed by atoms with Crippen LogP contribution in [0.15, 0.2) is 48.6 Å². The van der Waals surface area contributed by atoms with Crippen molar-refractivity contribution in [3.63, 3.8) is 0 Å². The van der Waals surface area contributed by atoms with E-state index >= 15 is 4.79 Å². The van der Waals surface area contributed by atoms with E-state index in [1.165, 1.54) is 32.9 Å². The predicted octanol–water partition coefficient (Wildman–Crippen LogP) is 5.21. The van der Waals surface area contributed by atoms with Gasteiger partial charge in [0.2, 0.25) is 5.60 Å². The zero-order valence-corrected chi connectivity index (χ0v) is 37.0. The molecule has 13 nitrogen and oxygen atoms in total. The fourth-order valence-electron chi connectivity index (χ4n) is 13.7. The molecule has 3 aromatic rings. The minimum Gasteiger partial charge on any atom is -0.496 e. The molecule has 5 aliphatic heterocycles. The second-order valence-electron chi connectivity index (χ2n) is 18.4. The number of methoxy groups -OCH3 is 3. The fourth-order valence-corrected chi connectivity index (χ4v) is 14.6. The molecule has 1 unspecified atom stereocenters. The summed E-state index contributed by atoms with van der Waals surface area (Å²) in [4.78, 5) is 53.5. The van der Waals surface area contributed by atoms with Gasteiger partial charge in [-0.25, -0.2) is 4.79 Å². The van der Waals surface area contributed by atoms with Crippen molar-refractivity contribution in [2.75, 3.05) is 66.0 Å². The van der Waals surface area contributed by atoms with Gasteiger partial charge in [-0.2, -0.15) is 5.26 Å². The average Bonchev–Trinajstić information content (AvgIpc) is 3.92. The number of nitrogens with one attached hydrogen (secondary N) is 1. The topological polar surface area (TPSA) is 158 Å². The van der Waals surface area contributed by atoms with Gasteiger partial charge in [0.15, 0.2) is 6.10 Å². The molecule has 1 saturated carbocycles. The number of benzene rings is 2. The number of piperidine rings is 1. The van der Waals surface area contributed by atoms with Crippen LogP contribution >= 0.6 is 11.8 Å². The lowest BCUT2D eigenvalue weighted by Gasteiger charge is -2.63. The largest absolute Gasteiger partial charge is 0.496 e. The molecule has 1 aromatic heterocycles. The summed E-state index contributed by atoms with van der Waals surface area (Å²) in [7, 11) is 6.18. The molecule has 9 rings (SSSR count). The maximum atomic E-state index is 15.5. The summed E-state index contributed by atoms with van der Waals surface area (Å²) in [5.74, 6) is -1.45. The lowest BCUT2D eigenvalue weighted by atomic mass is 9.47. The summed E-state index contributed by atoms with van der Waals surface area (Å²) >= 11 is 1.35. The minimum absolute atomic E-state index is 0.0145. The number of aliphatic hydroxyl groups is 1. The average molecular weight is 852 g/mol. The second kappa shape index (κ2) is 14.8. The van der Waals surface area contributed by atoms with Gasteiger partial charge in [0.25, 0.3) is 0 Å². The first kappa shape index (κ1) is 41.8. The van der Waals surface area contributed by atoms with Crippen LogP contribution in [0.2, 0.25) is 0 Å². The Bertz CT molecular complexity index is 2380. The number of rotatable bonds is 8. The number of likely N-dealkylation sites (N-methyl/N-ethyl adjacent to an activating group) is 1. The third-order valence-electron chi connectivity index (χ3n) is 15.8. The smallest absolute Gasteiger partial charge is 0.344 e. The number of carbonyl (C=O) groups is 3. The molecule has 0 radical (unpaired) electrons. The van der Waals surface area contributed by atoms with E-state index in [0.717, 1.165) is 65.9 Å². The number of ether oxygens (including phenoxy) is 4. The number of hydrogen-bond acceptors (Lipinski definition) is 13. The Labute approximate surface area is 361 Å². The van der Waals surface area contributed by atoms with Gasteiger partial charge in [-0.15, -0.1) is 0 Å². The standard InChI is InChI=1S/C47H57N5O8S/c1-8-43(61-27-48)23-29-24-46(41(54)58-6,37-31(15-19-51(25-29)26-43)30-13-10-11-14-34(30)49-37)33-21-32-35(22-36(33)57-5)50(4)39-45(32)17-20-52-18-12-16-44(9-2,38(45)52)40(60-28(3)53)47(39,56)42(55)59-7/h10-14,16,21-22,29,38-40,49,56H,8-9,15,17-20,23-26H2,1-7H3/t29-,38-,39+,40+,43-,44+,45+,46-,47-/m0/s1. The van der Waals surface area contributed by atoms with Crippen LogP contribution in [0.4, 0.5) is 5.69 Å². The Morgan fingerprint density at radius 2 is 1.79 bits per heavy atom. The highest BCUT2D eigenvalue weighted by molar-refractivity contribution is 8.05. The fraction of sp³-hybridized carbons (Fsp3) is 0.574. The molecule has 324 valence electrons. The van der Waals surface area contributed by atoms with Gasteiger partial charge in [0, 0.05) is 95.7 Å². The molecular formula is C47H57N5O8S. The summed E-state index contributed by atoms with van der Waals surface area (Å²) in [6, 6.07) is 11.0. The van der Waals surface area contributed by atoms with Crippen LogP contribution in [-0.2, 0) is 45.8 Å². The second-order valence-corrected chi connectivity index (χ2v) is 19.6. The molecule has 14 heteroatoms. The Kier molecular flexibility index (Phi) is 10.1. The molecule has 6 heterocycles. The van der Waals surface area contributed by atoms with Crippen molar-refractivity contribution < 1.29 is 38.4 Å². The maximum Gasteiger partial charge on any atom is 0.344 e. The van der Waals surface area contributed by atoms with E-state index in [0.29, 0.717) is 50.1 Å². The van der Waals surface area contributed by atoms with Crippen molar-refractivity contribution in [3.8, 4) is 11.2 Å². The lowest BCUT2D eigenvalue weighted by Crippen LogP contribution is -2.81. The number of aromatic nitrogens is 1. The van der Waals surface area contributed by atoms with E-state index in [1.54, 1.807) is 7.11 Å². The molecule has 0 amide bonds. The lowest BCUT2D eigenvalue weighted by molar-refractivity contribution is -0.228. The van der Waals surface area contributed by atoms with Gasteiger partial charge in [-0.05, 0) is 86.0 Å². The highest BCUT2D eigenvalue weighted by atomic mass is 32.2. The van der Waals surface area contributed by atoms with Crippen molar-refractivity contribution in [3.05, 3.63) is 70.9 Å². The monoisotopic (exact) mass is 851 g/mol. The molecule has 2 N–H and O–H groups in total. The molecule has 3 fully saturated rings. The Morgan fingerprint density at radius 1 is 1.02 bits per heavy atom. The van der Waals surface area contributed by atoms with Gasteiger partial charge in [-0.1, -0.05) is 44.2 Å². The summed E-state index contributed by atoms with van der Waals surface area (Å²) < 4.78 is 23.7. The van der Waals surface area contributed by atoms with Crippen molar-refractivity contribution in [2.24, 2.45) is 11.3 Å². The number of fused-ring (bicyclic) bond motifs is 6. The molecular weight excluding hydrogens is 795 g/mol. The quantitative estimate of drug-likeness (QED) is 0.132. The van der Waals surface area contributed by atoms with Crippen molar-refractivity contribution in [2.45, 2.75) is 98.7 Å². The van der Waals surface area contributed by atoms with Crippen LogP contribution in [-0.4, -0.2) is 127 Å². The first-order valence-electron chi connectivity index (χ1n) is 21.6. The van der Waals surface area contributed by atoms with E-state index in [2.05, 4.69) is 51.4 Å². The molecule has 2 bridgehead atoms. The van der Waals surface area contributed by atoms with Gasteiger partial charge < -0.3 is 38.8 Å². The zero-order valence-electron chi connectivity index (χ0n) is 36.2. The number of aromatic amines is 1. The number of thiocyanates is 1. The highest BCUT2D eigenvalue weighted by Crippen LogP contribution is 2.68. The molecule has 1 aliphatic carbocycles. The van der Waals surface area contributed by atoms with Crippen molar-refractivity contribution in [1.82, 2.24) is 14.8 Å². The molecule has 2 saturated heterocycles. The number of nitrogens with zero attached hydrogens (tertiary/aromatic N) is 4. The number of carbonyl (C=O) groups excluding carboxylic acids is 3. The third kappa shape index (κ3) is 5.52. The number of esters is 3. The number of nitriles is 1. The molecule has 2 aromatic carbocycles. The van der Waals surface area contributed by atoms with Crippen LogP contribution in [0.25, 0.3) is 10.9 Å². The molecule has 61 heavy (non-hydrogen) atoms. The van der Waals surface area contributed by atoms with Crippen LogP contribution < -0.4 is 9.64 Å². The first-order valence-corrected chi connectivity index (χ1v) is 22.4. The number of H-pyrrole nitrogens is 1. The van der Waals surface area contributed by atoms with Crippen molar-refractivity contribution >= 4 is 46.3 Å². The Balaban J connectivity index is 1.36. The SMILES string of the molecule is CC[C@]1(SC#N)C[C@@H]2CN(CCc3c([nH]c4ccccc34)[C@@](C(=O)OC)(c3cc4c(cc3OC)N(C)[C@H]3[C@@](O)(C(=O)OC)[C@H](OC(C)=O)[C@]5(CC)C=CCN6CC[C@]43[C@@H]65)C2)C1. The first-order chi connectivity index (χ1) is 29.3. The number of hydrogen-bond donors (Lipinski definition) is 2. The number of para-hydroxylation sites is 1. The van der Waals surface area contributed by atoms with Crippen LogP contribution in [0.3, 0.4) is 0 Å².